The van der Waals surface area contributed by atoms with Crippen LogP contribution in [0.1, 0.15) is 290 Å². The number of nitrogens with one attached hydrogen (secondary N) is 1. The largest absolute Gasteiger partial charge is 0.394 e. The Morgan fingerprint density at radius 1 is 0.343 bits per heavy atom. The van der Waals surface area contributed by atoms with E-state index >= 15 is 0 Å². The molecule has 0 aromatic carbocycles. The molecule has 3 rings (SSSR count). The minimum atomic E-state index is -1.98. The van der Waals surface area contributed by atoms with Crippen molar-refractivity contribution in [3.05, 3.63) is 134 Å². The third kappa shape index (κ3) is 46.2. The Morgan fingerprint density at radius 2 is 0.639 bits per heavy atom. The van der Waals surface area contributed by atoms with Gasteiger partial charge < -0.3 is 89.9 Å². The topological polar surface area (TPSA) is 307 Å². The lowest BCUT2D eigenvalue weighted by molar-refractivity contribution is -0.379. The summed E-state index contributed by atoms with van der Waals surface area (Å²) in [5, 5.41) is 121. The van der Waals surface area contributed by atoms with Crippen molar-refractivity contribution >= 4 is 5.91 Å². The molecule has 12 N–H and O–H groups in total. The summed E-state index contributed by atoms with van der Waals surface area (Å²) in [5.74, 6) is -0.283. The molecule has 108 heavy (non-hydrogen) atoms. The van der Waals surface area contributed by atoms with Crippen molar-refractivity contribution in [3.63, 3.8) is 0 Å². The second-order valence-electron chi connectivity index (χ2n) is 29.6. The van der Waals surface area contributed by atoms with Gasteiger partial charge in [-0.15, -0.1) is 0 Å². The summed E-state index contributed by atoms with van der Waals surface area (Å²) in [4.78, 5) is 13.5. The van der Waals surface area contributed by atoms with Crippen LogP contribution in [0.3, 0.4) is 0 Å². The maximum absolute atomic E-state index is 13.5. The SMILES string of the molecule is CC/C=C\C/C=C\C/C=C\C/C=C\C/C=C\C/C=C\C/C=C\C/C=C\C/C=C\C/C=C\CCCCCCCCCCCCC(=O)NC(COC1OC(CO)C(OC2OC(CO)C(OC3OC(CO)C(O)C(O)C3O)C(O)C2O)C(O)C1O)C(O)/C=C/CCCCCCCCCCCCCCCCCCCCCC. The molecule has 19 heteroatoms. The lowest BCUT2D eigenvalue weighted by Crippen LogP contribution is -2.66. The van der Waals surface area contributed by atoms with Crippen LogP contribution < -0.4 is 5.32 Å². The molecule has 3 fully saturated rings. The number of unbranched alkanes of at least 4 members (excludes halogenated alkanes) is 30. The van der Waals surface area contributed by atoms with E-state index in [1.165, 1.54) is 141 Å². The van der Waals surface area contributed by atoms with Crippen molar-refractivity contribution in [2.45, 2.75) is 394 Å². The van der Waals surface area contributed by atoms with Gasteiger partial charge >= 0.3 is 0 Å². The number of hydrogen-bond donors (Lipinski definition) is 12. The van der Waals surface area contributed by atoms with Crippen molar-refractivity contribution in [2.24, 2.45) is 0 Å². The van der Waals surface area contributed by atoms with Gasteiger partial charge in [0.1, 0.15) is 73.2 Å². The van der Waals surface area contributed by atoms with Gasteiger partial charge in [0.15, 0.2) is 18.9 Å². The van der Waals surface area contributed by atoms with Gasteiger partial charge in [0, 0.05) is 6.42 Å². The molecular weight excluding hydrogens is 1370 g/mol. The fourth-order valence-electron chi connectivity index (χ4n) is 13.5. The van der Waals surface area contributed by atoms with E-state index in [1.807, 2.05) is 6.08 Å². The zero-order chi connectivity index (χ0) is 78.1. The van der Waals surface area contributed by atoms with Crippen molar-refractivity contribution < 1.29 is 89.4 Å². The fraction of sp³-hybridized carbons (Fsp3) is 0.742. The van der Waals surface area contributed by atoms with Gasteiger partial charge in [-0.1, -0.05) is 321 Å². The molecule has 0 spiro atoms. The van der Waals surface area contributed by atoms with Crippen molar-refractivity contribution in [2.75, 3.05) is 26.4 Å². The molecule has 17 unspecified atom stereocenters. The first kappa shape index (κ1) is 98.1. The maximum atomic E-state index is 13.5. The normalized spacial score (nSPS) is 26.1. The minimum absolute atomic E-state index is 0.231. The Bertz CT molecular complexity index is 2470. The first-order valence-corrected chi connectivity index (χ1v) is 42.4. The summed E-state index contributed by atoms with van der Waals surface area (Å²) in [6.45, 7) is 1.64. The molecule has 3 saturated heterocycles. The third-order valence-corrected chi connectivity index (χ3v) is 20.2. The summed E-state index contributed by atoms with van der Waals surface area (Å²) in [6.07, 6.45) is 70.0. The molecular formula is C89H151NO18. The zero-order valence-electron chi connectivity index (χ0n) is 66.5. The lowest BCUT2D eigenvalue weighted by Gasteiger charge is -2.48. The molecule has 0 aliphatic carbocycles. The highest BCUT2D eigenvalue weighted by atomic mass is 16.8. The molecule has 620 valence electrons. The molecule has 0 aromatic rings. The van der Waals surface area contributed by atoms with Crippen LogP contribution in [-0.4, -0.2) is 193 Å². The van der Waals surface area contributed by atoms with Crippen LogP contribution in [0.2, 0.25) is 0 Å². The van der Waals surface area contributed by atoms with Gasteiger partial charge in [0.25, 0.3) is 0 Å². The van der Waals surface area contributed by atoms with Crippen LogP contribution in [0.15, 0.2) is 134 Å². The van der Waals surface area contributed by atoms with Crippen molar-refractivity contribution in [3.8, 4) is 0 Å². The first-order chi connectivity index (χ1) is 52.8. The number of ether oxygens (including phenoxy) is 6. The summed E-state index contributed by atoms with van der Waals surface area (Å²) in [6, 6.07) is -0.986. The zero-order valence-corrected chi connectivity index (χ0v) is 66.5. The monoisotopic (exact) mass is 1520 g/mol. The van der Waals surface area contributed by atoms with E-state index in [9.17, 15) is 61.0 Å². The smallest absolute Gasteiger partial charge is 0.220 e. The maximum Gasteiger partial charge on any atom is 0.220 e. The standard InChI is InChI=1S/C89H151NO18/c1-3-5-7-9-11-13-15-17-19-21-23-25-27-28-29-30-31-32-33-34-35-36-37-38-39-40-41-42-43-44-45-47-49-51-53-55-57-59-61-63-65-67-77(95)90-72(73(94)66-64-62-60-58-56-54-52-50-48-46-26-24-22-20-18-16-14-12-10-8-6-4-2)71-103-87-83(101)80(98)85(75(69-92)105-87)108-89-84(102)81(99)86(76(70-93)106-89)107-88-82(100)79(97)78(96)74(68-91)104-88/h5,7,11,13,17,19,23,25,28-29,31-32,34-35,37-38,40-41,43-44,64,66,72-76,78-89,91-94,96-102H,3-4,6,8-10,12,14-16,18,20-22,24,26-27,30,33,36,39,42,45-63,65,67-71H2,1-2H3,(H,90,95)/b7-5-,13-11-,19-17-,25-23-,29-28-,32-31-,35-34-,38-37-,41-40-,44-43-,66-64+. The van der Waals surface area contributed by atoms with Crippen LogP contribution >= 0.6 is 0 Å². The molecule has 0 radical (unpaired) electrons. The van der Waals surface area contributed by atoms with E-state index in [2.05, 4.69) is 141 Å². The predicted octanol–water partition coefficient (Wildman–Crippen LogP) is 15.2. The molecule has 3 heterocycles. The molecule has 1 amide bonds. The van der Waals surface area contributed by atoms with Gasteiger partial charge in [0.05, 0.1) is 38.6 Å². The number of hydrogen-bond acceptors (Lipinski definition) is 18. The van der Waals surface area contributed by atoms with Gasteiger partial charge in [0.2, 0.25) is 5.91 Å². The molecule has 0 bridgehead atoms. The van der Waals surface area contributed by atoms with E-state index in [0.717, 1.165) is 122 Å². The highest BCUT2D eigenvalue weighted by molar-refractivity contribution is 5.76. The molecule has 17 atom stereocenters. The average Bonchev–Trinajstić information content (AvgIpc) is 0.787. The molecule has 3 aliphatic rings. The van der Waals surface area contributed by atoms with Gasteiger partial charge in [-0.05, 0) is 96.3 Å². The van der Waals surface area contributed by atoms with Gasteiger partial charge in [-0.2, -0.15) is 0 Å². The fourth-order valence-corrected chi connectivity index (χ4v) is 13.5. The van der Waals surface area contributed by atoms with E-state index in [-0.39, 0.29) is 18.9 Å². The Labute approximate surface area is 651 Å². The second-order valence-corrected chi connectivity index (χ2v) is 29.6. The van der Waals surface area contributed by atoms with Crippen molar-refractivity contribution in [1.82, 2.24) is 5.32 Å². The van der Waals surface area contributed by atoms with Gasteiger partial charge in [-0.3, -0.25) is 4.79 Å². The quantitative estimate of drug-likeness (QED) is 0.0199. The van der Waals surface area contributed by atoms with Crippen LogP contribution in [0.25, 0.3) is 0 Å². The van der Waals surface area contributed by atoms with Crippen LogP contribution in [0.5, 0.6) is 0 Å². The van der Waals surface area contributed by atoms with E-state index in [1.54, 1.807) is 6.08 Å². The Kier molecular flexibility index (Phi) is 61.3. The van der Waals surface area contributed by atoms with Crippen LogP contribution in [-0.2, 0) is 33.2 Å². The van der Waals surface area contributed by atoms with E-state index < -0.39 is 124 Å². The molecule has 3 aliphatic heterocycles. The lowest BCUT2D eigenvalue weighted by atomic mass is 9.96. The van der Waals surface area contributed by atoms with E-state index in [4.69, 9.17) is 28.4 Å². The Balaban J connectivity index is 1.34. The van der Waals surface area contributed by atoms with Gasteiger partial charge in [-0.25, -0.2) is 0 Å². The first-order valence-electron chi connectivity index (χ1n) is 42.4. The molecule has 0 aromatic heterocycles. The van der Waals surface area contributed by atoms with E-state index in [0.29, 0.717) is 6.42 Å². The number of carbonyl (C=O) groups is 1. The number of aliphatic hydroxyl groups is 11. The number of amides is 1. The minimum Gasteiger partial charge on any atom is -0.394 e. The summed E-state index contributed by atoms with van der Waals surface area (Å²) < 4.78 is 34.5. The molecule has 19 nitrogen and oxygen atoms in total. The predicted molar refractivity (Wildman–Crippen MR) is 433 cm³/mol. The number of rotatable bonds is 66. The van der Waals surface area contributed by atoms with Crippen LogP contribution in [0.4, 0.5) is 0 Å². The third-order valence-electron chi connectivity index (χ3n) is 20.2. The Morgan fingerprint density at radius 3 is 1.00 bits per heavy atom. The van der Waals surface area contributed by atoms with Crippen molar-refractivity contribution in [1.29, 1.82) is 0 Å². The highest BCUT2D eigenvalue weighted by Crippen LogP contribution is 2.33. The highest BCUT2D eigenvalue weighted by Gasteiger charge is 2.54. The summed E-state index contributed by atoms with van der Waals surface area (Å²) in [5.41, 5.74) is 0. The Hall–Kier alpha value is -4.07. The average molecular weight is 1520 g/mol. The molecule has 0 saturated carbocycles. The summed E-state index contributed by atoms with van der Waals surface area (Å²) in [7, 11) is 0. The number of allylic oxidation sites excluding steroid dienone is 21. The second kappa shape index (κ2) is 67.4. The summed E-state index contributed by atoms with van der Waals surface area (Å²) >= 11 is 0. The number of aliphatic hydroxyl groups excluding tert-OH is 11. The number of carbonyl (C=O) groups excluding carboxylic acids is 1. The van der Waals surface area contributed by atoms with Crippen LogP contribution in [0, 0.1) is 0 Å².